The van der Waals surface area contributed by atoms with E-state index in [1.807, 2.05) is 24.3 Å². The van der Waals surface area contributed by atoms with Crippen LogP contribution in [0.1, 0.15) is 10.4 Å². The van der Waals surface area contributed by atoms with Crippen molar-refractivity contribution in [1.82, 2.24) is 0 Å². The third kappa shape index (κ3) is 2.66. The maximum atomic E-state index is 11.5. The maximum Gasteiger partial charge on any atom is 0.336 e. The molecule has 0 heterocycles. The van der Waals surface area contributed by atoms with Crippen molar-refractivity contribution in [2.24, 2.45) is 5.11 Å². The number of aromatic carboxylic acids is 1. The molecule has 0 radical (unpaired) electrons. The van der Waals surface area contributed by atoms with Gasteiger partial charge in [-0.15, -0.1) is 0 Å². The van der Waals surface area contributed by atoms with E-state index in [-0.39, 0.29) is 11.3 Å². The van der Waals surface area contributed by atoms with E-state index >= 15 is 0 Å². The van der Waals surface area contributed by atoms with Crippen LogP contribution in [0.15, 0.2) is 59.7 Å². The Hall–Kier alpha value is -3.50. The van der Waals surface area contributed by atoms with Crippen molar-refractivity contribution in [3.05, 3.63) is 70.6 Å². The second-order valence-corrected chi connectivity index (χ2v) is 4.94. The van der Waals surface area contributed by atoms with Gasteiger partial charge in [0.2, 0.25) is 0 Å². The van der Waals surface area contributed by atoms with Crippen molar-refractivity contribution >= 4 is 22.4 Å². The second kappa shape index (κ2) is 5.71. The first kappa shape index (κ1) is 14.4. The zero-order valence-corrected chi connectivity index (χ0v) is 11.8. The van der Waals surface area contributed by atoms with E-state index in [1.165, 1.54) is 24.3 Å². The summed E-state index contributed by atoms with van der Waals surface area (Å²) in [6.45, 7) is 0. The van der Waals surface area contributed by atoms with Crippen molar-refractivity contribution in [3.8, 4) is 16.9 Å². The molecular weight excluding hydrogens is 294 g/mol. The molecule has 0 unspecified atom stereocenters. The van der Waals surface area contributed by atoms with Crippen LogP contribution in [0, 0.1) is 0 Å². The molecule has 2 N–H and O–H groups in total. The standard InChI is InChI=1S/C17H11N3O3/c18-20-19-11-5-6-14(17(22)23)15(8-11)16-9-12(21)7-10-3-1-2-4-13(10)16/h1-9,21H,(H,22,23). The van der Waals surface area contributed by atoms with Crippen LogP contribution in [0.25, 0.3) is 32.3 Å². The fraction of sp³-hybridized carbons (Fsp3) is 0. The van der Waals surface area contributed by atoms with Gasteiger partial charge in [0, 0.05) is 10.6 Å². The molecule has 0 spiro atoms. The van der Waals surface area contributed by atoms with Crippen LogP contribution in [0.5, 0.6) is 5.75 Å². The molecule has 0 saturated heterocycles. The van der Waals surface area contributed by atoms with Gasteiger partial charge < -0.3 is 10.2 Å². The summed E-state index contributed by atoms with van der Waals surface area (Å²) in [6, 6.07) is 14.8. The molecule has 0 bridgehead atoms. The van der Waals surface area contributed by atoms with Gasteiger partial charge in [-0.05, 0) is 51.7 Å². The minimum atomic E-state index is -1.10. The normalized spacial score (nSPS) is 10.3. The number of hydrogen-bond donors (Lipinski definition) is 2. The molecule has 6 heteroatoms. The molecule has 112 valence electrons. The first-order valence-corrected chi connectivity index (χ1v) is 6.75. The molecular formula is C17H11N3O3. The van der Waals surface area contributed by atoms with Crippen LogP contribution in [0.3, 0.4) is 0 Å². The predicted molar refractivity (Wildman–Crippen MR) is 86.8 cm³/mol. The van der Waals surface area contributed by atoms with Gasteiger partial charge in [-0.2, -0.15) is 0 Å². The Balaban J connectivity index is 2.39. The molecule has 0 amide bonds. The van der Waals surface area contributed by atoms with Crippen LogP contribution < -0.4 is 0 Å². The number of phenols is 1. The molecule has 23 heavy (non-hydrogen) atoms. The number of phenolic OH excluding ortho intramolecular Hbond substituents is 1. The van der Waals surface area contributed by atoms with Crippen LogP contribution in [-0.2, 0) is 0 Å². The van der Waals surface area contributed by atoms with Gasteiger partial charge in [-0.25, -0.2) is 4.79 Å². The molecule has 3 rings (SSSR count). The average Bonchev–Trinajstić information content (AvgIpc) is 2.54. The van der Waals surface area contributed by atoms with Crippen LogP contribution in [0.4, 0.5) is 5.69 Å². The number of carboxylic acid groups (broad SMARTS) is 1. The number of benzene rings is 3. The second-order valence-electron chi connectivity index (χ2n) is 4.94. The number of rotatable bonds is 3. The zero-order chi connectivity index (χ0) is 16.4. The fourth-order valence-corrected chi connectivity index (χ4v) is 2.57. The average molecular weight is 305 g/mol. The van der Waals surface area contributed by atoms with Crippen molar-refractivity contribution in [2.45, 2.75) is 0 Å². The number of hydrogen-bond acceptors (Lipinski definition) is 3. The third-order valence-electron chi connectivity index (χ3n) is 3.53. The minimum absolute atomic E-state index is 0.0317. The van der Waals surface area contributed by atoms with Gasteiger partial charge in [0.05, 0.1) is 5.56 Å². The largest absolute Gasteiger partial charge is 0.508 e. The van der Waals surface area contributed by atoms with Gasteiger partial charge in [-0.1, -0.05) is 35.4 Å². The molecule has 0 aromatic heterocycles. The molecule has 3 aromatic rings. The highest BCUT2D eigenvalue weighted by Crippen LogP contribution is 2.36. The van der Waals surface area contributed by atoms with Gasteiger partial charge in [0.1, 0.15) is 5.75 Å². The van der Waals surface area contributed by atoms with Gasteiger partial charge >= 0.3 is 5.97 Å². The highest BCUT2D eigenvalue weighted by atomic mass is 16.4. The maximum absolute atomic E-state index is 11.5. The van der Waals surface area contributed by atoms with Crippen LogP contribution in [0.2, 0.25) is 0 Å². The van der Waals surface area contributed by atoms with Gasteiger partial charge in [0.25, 0.3) is 0 Å². The van der Waals surface area contributed by atoms with Crippen molar-refractivity contribution in [2.75, 3.05) is 0 Å². The lowest BCUT2D eigenvalue weighted by molar-refractivity contribution is 0.0698. The molecule has 3 aromatic carbocycles. The Morgan fingerprint density at radius 3 is 2.57 bits per heavy atom. The van der Waals surface area contributed by atoms with Crippen LogP contribution in [-0.4, -0.2) is 16.2 Å². The lowest BCUT2D eigenvalue weighted by Crippen LogP contribution is -1.99. The summed E-state index contributed by atoms with van der Waals surface area (Å²) in [5.41, 5.74) is 9.90. The van der Waals surface area contributed by atoms with Crippen molar-refractivity contribution < 1.29 is 15.0 Å². The van der Waals surface area contributed by atoms with E-state index in [2.05, 4.69) is 10.0 Å². The van der Waals surface area contributed by atoms with E-state index in [0.717, 1.165) is 10.8 Å². The van der Waals surface area contributed by atoms with E-state index in [9.17, 15) is 15.0 Å². The Labute approximate surface area is 130 Å². The predicted octanol–water partition coefficient (Wildman–Crippen LogP) is 4.85. The molecule has 0 aliphatic rings. The topological polar surface area (TPSA) is 106 Å². The summed E-state index contributed by atoms with van der Waals surface area (Å²) in [6.07, 6.45) is 0. The van der Waals surface area contributed by atoms with E-state index < -0.39 is 5.97 Å². The number of carboxylic acids is 1. The molecule has 6 nitrogen and oxygen atoms in total. The smallest absolute Gasteiger partial charge is 0.336 e. The SMILES string of the molecule is [N-]=[N+]=Nc1ccc(C(=O)O)c(-c2cc(O)cc3ccccc23)c1. The number of nitrogens with zero attached hydrogens (tertiary/aromatic N) is 3. The molecule has 0 aliphatic carbocycles. The molecule has 0 saturated carbocycles. The third-order valence-corrected chi connectivity index (χ3v) is 3.53. The summed E-state index contributed by atoms with van der Waals surface area (Å²) in [5, 5.41) is 24.5. The lowest BCUT2D eigenvalue weighted by atomic mass is 9.94. The van der Waals surface area contributed by atoms with Crippen molar-refractivity contribution in [1.29, 1.82) is 0 Å². The Morgan fingerprint density at radius 2 is 1.83 bits per heavy atom. The first-order chi connectivity index (χ1) is 11.1. The number of aromatic hydroxyl groups is 1. The van der Waals surface area contributed by atoms with Gasteiger partial charge in [0.15, 0.2) is 0 Å². The van der Waals surface area contributed by atoms with Crippen molar-refractivity contribution in [3.63, 3.8) is 0 Å². The molecule has 0 fully saturated rings. The summed E-state index contributed by atoms with van der Waals surface area (Å²) >= 11 is 0. The minimum Gasteiger partial charge on any atom is -0.508 e. The molecule has 0 atom stereocenters. The highest BCUT2D eigenvalue weighted by molar-refractivity contribution is 6.04. The summed E-state index contributed by atoms with van der Waals surface area (Å²) in [7, 11) is 0. The zero-order valence-electron chi connectivity index (χ0n) is 11.8. The van der Waals surface area contributed by atoms with Gasteiger partial charge in [-0.3, -0.25) is 0 Å². The monoisotopic (exact) mass is 305 g/mol. The van der Waals surface area contributed by atoms with E-state index in [4.69, 9.17) is 5.53 Å². The Kier molecular flexibility index (Phi) is 3.58. The van der Waals surface area contributed by atoms with E-state index in [1.54, 1.807) is 6.07 Å². The number of fused-ring (bicyclic) bond motifs is 1. The first-order valence-electron chi connectivity index (χ1n) is 6.75. The molecule has 0 aliphatic heterocycles. The Morgan fingerprint density at radius 1 is 1.04 bits per heavy atom. The van der Waals surface area contributed by atoms with Crippen LogP contribution >= 0.6 is 0 Å². The summed E-state index contributed by atoms with van der Waals surface area (Å²) in [5.74, 6) is -1.07. The summed E-state index contributed by atoms with van der Waals surface area (Å²) < 4.78 is 0. The fourth-order valence-electron chi connectivity index (χ4n) is 2.57. The van der Waals surface area contributed by atoms with E-state index in [0.29, 0.717) is 16.8 Å². The Bertz CT molecular complexity index is 976. The number of carbonyl (C=O) groups is 1. The lowest BCUT2D eigenvalue weighted by Gasteiger charge is -2.11. The quantitative estimate of drug-likeness (QED) is 0.410. The highest BCUT2D eigenvalue weighted by Gasteiger charge is 2.15. The number of azide groups is 1. The summed E-state index contributed by atoms with van der Waals surface area (Å²) in [4.78, 5) is 14.2.